The molecule has 1 saturated carbocycles. The van der Waals surface area contributed by atoms with Gasteiger partial charge < -0.3 is 5.73 Å². The van der Waals surface area contributed by atoms with Crippen molar-refractivity contribution in [3.05, 3.63) is 47.7 Å². The fraction of sp³-hybridized carbons (Fsp3) is 0.619. The molecule has 1 heteroatoms. The van der Waals surface area contributed by atoms with Gasteiger partial charge in [-0.05, 0) is 43.8 Å². The minimum atomic E-state index is -0.0166. The van der Waals surface area contributed by atoms with Crippen LogP contribution < -0.4 is 5.73 Å². The Labute approximate surface area is 138 Å². The van der Waals surface area contributed by atoms with E-state index in [0.29, 0.717) is 5.92 Å². The zero-order chi connectivity index (χ0) is 16.6. The summed E-state index contributed by atoms with van der Waals surface area (Å²) in [5.74, 6) is 0.556. The molecule has 0 aromatic carbocycles. The SMILES string of the molecule is C=CC(C)(C)/C=C(\C=C/C)C(/C)=C(/N)C1CCCCCCC1. The molecule has 1 aliphatic carbocycles. The van der Waals surface area contributed by atoms with Crippen LogP contribution in [0.1, 0.15) is 72.6 Å². The highest BCUT2D eigenvalue weighted by atomic mass is 14.6. The van der Waals surface area contributed by atoms with Gasteiger partial charge in [0.2, 0.25) is 0 Å². The van der Waals surface area contributed by atoms with E-state index in [1.165, 1.54) is 56.1 Å². The van der Waals surface area contributed by atoms with Crippen molar-refractivity contribution in [2.45, 2.75) is 72.6 Å². The Bertz CT molecular complexity index is 441. The average molecular weight is 302 g/mol. The molecule has 0 atom stereocenters. The van der Waals surface area contributed by atoms with Crippen molar-refractivity contribution in [3.8, 4) is 0 Å². The molecule has 0 aliphatic heterocycles. The molecule has 1 nitrogen and oxygen atoms in total. The largest absolute Gasteiger partial charge is 0.402 e. The summed E-state index contributed by atoms with van der Waals surface area (Å²) in [6, 6.07) is 0. The lowest BCUT2D eigenvalue weighted by atomic mass is 9.84. The third-order valence-electron chi connectivity index (χ3n) is 4.81. The van der Waals surface area contributed by atoms with E-state index < -0.39 is 0 Å². The summed E-state index contributed by atoms with van der Waals surface area (Å²) >= 11 is 0. The van der Waals surface area contributed by atoms with E-state index in [1.807, 2.05) is 6.08 Å². The van der Waals surface area contributed by atoms with Crippen LogP contribution >= 0.6 is 0 Å². The van der Waals surface area contributed by atoms with Crippen molar-refractivity contribution in [2.24, 2.45) is 17.1 Å². The predicted octanol–water partition coefficient (Wildman–Crippen LogP) is 6.29. The average Bonchev–Trinajstić information content (AvgIpc) is 2.45. The summed E-state index contributed by atoms with van der Waals surface area (Å²) in [5.41, 5.74) is 10.2. The summed E-state index contributed by atoms with van der Waals surface area (Å²) in [6.07, 6.45) is 17.8. The molecule has 0 radical (unpaired) electrons. The fourth-order valence-corrected chi connectivity index (χ4v) is 3.16. The van der Waals surface area contributed by atoms with E-state index in [0.717, 1.165) is 5.70 Å². The predicted molar refractivity (Wildman–Crippen MR) is 99.6 cm³/mol. The molecule has 1 fully saturated rings. The lowest BCUT2D eigenvalue weighted by Gasteiger charge is -2.24. The highest BCUT2D eigenvalue weighted by molar-refractivity contribution is 5.43. The maximum Gasteiger partial charge on any atom is 0.0148 e. The first-order valence-corrected chi connectivity index (χ1v) is 8.87. The molecular weight excluding hydrogens is 266 g/mol. The summed E-state index contributed by atoms with van der Waals surface area (Å²) in [6.45, 7) is 12.6. The van der Waals surface area contributed by atoms with Gasteiger partial charge in [-0.15, -0.1) is 6.58 Å². The van der Waals surface area contributed by atoms with Crippen LogP contribution in [0.15, 0.2) is 47.7 Å². The first-order valence-electron chi connectivity index (χ1n) is 8.87. The van der Waals surface area contributed by atoms with Crippen LogP contribution in [0.4, 0.5) is 0 Å². The normalized spacial score (nSPS) is 20.5. The van der Waals surface area contributed by atoms with Crippen molar-refractivity contribution in [3.63, 3.8) is 0 Å². The van der Waals surface area contributed by atoms with Crippen LogP contribution in [0.2, 0.25) is 0 Å². The molecule has 1 aliphatic rings. The van der Waals surface area contributed by atoms with E-state index in [9.17, 15) is 0 Å². The molecule has 0 spiro atoms. The molecule has 22 heavy (non-hydrogen) atoms. The van der Waals surface area contributed by atoms with Crippen molar-refractivity contribution >= 4 is 0 Å². The van der Waals surface area contributed by atoms with E-state index in [4.69, 9.17) is 5.73 Å². The van der Waals surface area contributed by atoms with Gasteiger partial charge in [-0.2, -0.15) is 0 Å². The molecule has 0 aromatic rings. The highest BCUT2D eigenvalue weighted by Crippen LogP contribution is 2.31. The maximum absolute atomic E-state index is 6.58. The first kappa shape index (κ1) is 18.8. The Hall–Kier alpha value is -1.24. The summed E-state index contributed by atoms with van der Waals surface area (Å²) in [4.78, 5) is 0. The molecular formula is C21H35N. The quantitative estimate of drug-likeness (QED) is 0.468. The lowest BCUT2D eigenvalue weighted by molar-refractivity contribution is 0.416. The minimum absolute atomic E-state index is 0.0166. The second-order valence-corrected chi connectivity index (χ2v) is 7.25. The Morgan fingerprint density at radius 1 is 1.09 bits per heavy atom. The number of hydrogen-bond acceptors (Lipinski definition) is 1. The second kappa shape index (κ2) is 9.02. The first-order chi connectivity index (χ1) is 10.4. The zero-order valence-electron chi connectivity index (χ0n) is 15.1. The van der Waals surface area contributed by atoms with Gasteiger partial charge in [-0.25, -0.2) is 0 Å². The number of allylic oxidation sites excluding steroid dienone is 7. The summed E-state index contributed by atoms with van der Waals surface area (Å²) in [5, 5.41) is 0. The van der Waals surface area contributed by atoms with Crippen molar-refractivity contribution in [1.82, 2.24) is 0 Å². The summed E-state index contributed by atoms with van der Waals surface area (Å²) in [7, 11) is 0. The fourth-order valence-electron chi connectivity index (χ4n) is 3.16. The standard InChI is InChI=1S/C21H35N/c1-6-13-19(16-21(4,5)7-2)17(3)20(22)18-14-11-9-8-10-12-15-18/h6-7,13,16,18H,2,8-12,14-15,22H2,1,3-5H3/b13-6-,19-16+,20-17+. The van der Waals surface area contributed by atoms with Crippen molar-refractivity contribution < 1.29 is 0 Å². The Kier molecular flexibility index (Phi) is 7.72. The second-order valence-electron chi connectivity index (χ2n) is 7.25. The van der Waals surface area contributed by atoms with E-state index in [1.54, 1.807) is 0 Å². The number of rotatable bonds is 5. The van der Waals surface area contributed by atoms with Crippen LogP contribution in [0.5, 0.6) is 0 Å². The lowest BCUT2D eigenvalue weighted by Crippen LogP contribution is -2.16. The number of nitrogens with two attached hydrogens (primary N) is 1. The van der Waals surface area contributed by atoms with Gasteiger partial charge in [-0.1, -0.05) is 70.3 Å². The van der Waals surface area contributed by atoms with E-state index in [2.05, 4.69) is 52.5 Å². The topological polar surface area (TPSA) is 26.0 Å². The number of hydrogen-bond donors (Lipinski definition) is 1. The molecule has 2 N–H and O–H groups in total. The molecule has 0 amide bonds. The smallest absolute Gasteiger partial charge is 0.0148 e. The van der Waals surface area contributed by atoms with Gasteiger partial charge >= 0.3 is 0 Å². The van der Waals surface area contributed by atoms with E-state index in [-0.39, 0.29) is 5.41 Å². The van der Waals surface area contributed by atoms with Gasteiger partial charge in [0, 0.05) is 11.1 Å². The third-order valence-corrected chi connectivity index (χ3v) is 4.81. The molecule has 0 unspecified atom stereocenters. The molecule has 1 rings (SSSR count). The van der Waals surface area contributed by atoms with Gasteiger partial charge in [-0.3, -0.25) is 0 Å². The van der Waals surface area contributed by atoms with Crippen LogP contribution in [-0.2, 0) is 0 Å². The Morgan fingerprint density at radius 3 is 2.14 bits per heavy atom. The molecule has 0 saturated heterocycles. The van der Waals surface area contributed by atoms with Crippen LogP contribution in [0.3, 0.4) is 0 Å². The minimum Gasteiger partial charge on any atom is -0.402 e. The zero-order valence-corrected chi connectivity index (χ0v) is 15.1. The van der Waals surface area contributed by atoms with Crippen LogP contribution in [0, 0.1) is 11.3 Å². The van der Waals surface area contributed by atoms with Crippen LogP contribution in [0.25, 0.3) is 0 Å². The van der Waals surface area contributed by atoms with E-state index >= 15 is 0 Å². The molecule has 0 bridgehead atoms. The summed E-state index contributed by atoms with van der Waals surface area (Å²) < 4.78 is 0. The molecule has 0 heterocycles. The van der Waals surface area contributed by atoms with Gasteiger partial charge in [0.05, 0.1) is 0 Å². The van der Waals surface area contributed by atoms with Gasteiger partial charge in [0.15, 0.2) is 0 Å². The van der Waals surface area contributed by atoms with Crippen molar-refractivity contribution in [1.29, 1.82) is 0 Å². The van der Waals surface area contributed by atoms with Gasteiger partial charge in [0.1, 0.15) is 0 Å². The highest BCUT2D eigenvalue weighted by Gasteiger charge is 2.18. The van der Waals surface area contributed by atoms with Gasteiger partial charge in [0.25, 0.3) is 0 Å². The Morgan fingerprint density at radius 2 is 1.64 bits per heavy atom. The molecule has 124 valence electrons. The van der Waals surface area contributed by atoms with Crippen LogP contribution in [-0.4, -0.2) is 0 Å². The third kappa shape index (κ3) is 5.87. The molecule has 0 aromatic heterocycles. The maximum atomic E-state index is 6.58. The Balaban J connectivity index is 3.07. The van der Waals surface area contributed by atoms with Crippen molar-refractivity contribution in [2.75, 3.05) is 0 Å². The monoisotopic (exact) mass is 301 g/mol.